The van der Waals surface area contributed by atoms with E-state index in [4.69, 9.17) is 10.5 Å². The number of rotatable bonds is 7. The van der Waals surface area contributed by atoms with Gasteiger partial charge >= 0.3 is 0 Å². The van der Waals surface area contributed by atoms with Crippen LogP contribution in [0.4, 0.5) is 0 Å². The molecule has 1 aromatic rings. The summed E-state index contributed by atoms with van der Waals surface area (Å²) in [6, 6.07) is 6.07. The molecule has 4 nitrogen and oxygen atoms in total. The van der Waals surface area contributed by atoms with Crippen LogP contribution in [0.25, 0.3) is 0 Å². The molecule has 0 aliphatic rings. The summed E-state index contributed by atoms with van der Waals surface area (Å²) in [5, 5.41) is 0. The Bertz CT molecular complexity index is 472. The Morgan fingerprint density at radius 3 is 2.57 bits per heavy atom. The summed E-state index contributed by atoms with van der Waals surface area (Å²) in [5.41, 5.74) is 8.23. The summed E-state index contributed by atoms with van der Waals surface area (Å²) >= 11 is 0. The molecule has 4 heteroatoms. The SMILES string of the molecule is Cc1ccc(OCC(=O)N(C)CCC(N)C(C)C)c(C)c1. The number of likely N-dealkylation sites (N-methyl/N-ethyl adjacent to an activating group) is 1. The van der Waals surface area contributed by atoms with Crippen LogP contribution in [-0.2, 0) is 4.79 Å². The zero-order valence-electron chi connectivity index (χ0n) is 13.8. The van der Waals surface area contributed by atoms with Crippen molar-refractivity contribution in [1.82, 2.24) is 4.90 Å². The number of amides is 1. The molecule has 0 saturated carbocycles. The predicted molar refractivity (Wildman–Crippen MR) is 86.5 cm³/mol. The van der Waals surface area contributed by atoms with Crippen molar-refractivity contribution in [3.05, 3.63) is 29.3 Å². The number of nitrogens with two attached hydrogens (primary N) is 1. The molecular formula is C17H28N2O2. The van der Waals surface area contributed by atoms with E-state index in [-0.39, 0.29) is 18.6 Å². The highest BCUT2D eigenvalue weighted by Crippen LogP contribution is 2.18. The van der Waals surface area contributed by atoms with Gasteiger partial charge < -0.3 is 15.4 Å². The Kier molecular flexibility index (Phi) is 6.69. The molecule has 0 fully saturated rings. The molecule has 118 valence electrons. The average molecular weight is 292 g/mol. The van der Waals surface area contributed by atoms with Gasteiger partial charge in [-0.1, -0.05) is 31.5 Å². The van der Waals surface area contributed by atoms with Gasteiger partial charge in [0, 0.05) is 19.6 Å². The highest BCUT2D eigenvalue weighted by atomic mass is 16.5. The van der Waals surface area contributed by atoms with Crippen molar-refractivity contribution in [3.63, 3.8) is 0 Å². The van der Waals surface area contributed by atoms with E-state index >= 15 is 0 Å². The smallest absolute Gasteiger partial charge is 0.260 e. The number of hydrogen-bond acceptors (Lipinski definition) is 3. The van der Waals surface area contributed by atoms with E-state index in [1.165, 1.54) is 5.56 Å². The number of carbonyl (C=O) groups is 1. The number of benzene rings is 1. The lowest BCUT2D eigenvalue weighted by atomic mass is 10.0. The van der Waals surface area contributed by atoms with Gasteiger partial charge in [-0.3, -0.25) is 4.79 Å². The number of ether oxygens (including phenoxy) is 1. The Labute approximate surface area is 128 Å². The van der Waals surface area contributed by atoms with Gasteiger partial charge in [0.1, 0.15) is 5.75 Å². The molecule has 0 radical (unpaired) electrons. The molecule has 1 amide bonds. The van der Waals surface area contributed by atoms with Crippen molar-refractivity contribution in [2.45, 2.75) is 40.2 Å². The van der Waals surface area contributed by atoms with Crippen LogP contribution in [0.2, 0.25) is 0 Å². The van der Waals surface area contributed by atoms with Crippen LogP contribution in [0.3, 0.4) is 0 Å². The highest BCUT2D eigenvalue weighted by molar-refractivity contribution is 5.77. The maximum atomic E-state index is 12.0. The topological polar surface area (TPSA) is 55.6 Å². The Hall–Kier alpha value is -1.55. The van der Waals surface area contributed by atoms with E-state index in [2.05, 4.69) is 13.8 Å². The third-order valence-corrected chi connectivity index (χ3v) is 3.76. The Balaban J connectivity index is 2.42. The third kappa shape index (κ3) is 5.76. The largest absolute Gasteiger partial charge is 0.484 e. The number of hydrogen-bond donors (Lipinski definition) is 1. The van der Waals surface area contributed by atoms with E-state index in [1.807, 2.05) is 32.0 Å². The number of carbonyl (C=O) groups excluding carboxylic acids is 1. The van der Waals surface area contributed by atoms with Gasteiger partial charge in [0.05, 0.1) is 0 Å². The van der Waals surface area contributed by atoms with Crippen LogP contribution in [0, 0.1) is 19.8 Å². The molecule has 0 bridgehead atoms. The summed E-state index contributed by atoms with van der Waals surface area (Å²) in [6.07, 6.45) is 0.809. The fraction of sp³-hybridized carbons (Fsp3) is 0.588. The molecule has 1 rings (SSSR count). The fourth-order valence-electron chi connectivity index (χ4n) is 2.01. The van der Waals surface area contributed by atoms with Crippen LogP contribution in [0.5, 0.6) is 5.75 Å². The van der Waals surface area contributed by atoms with Gasteiger partial charge in [-0.05, 0) is 37.8 Å². The molecule has 2 N–H and O–H groups in total. The van der Waals surface area contributed by atoms with Crippen molar-refractivity contribution in [1.29, 1.82) is 0 Å². The lowest BCUT2D eigenvalue weighted by Gasteiger charge is -2.21. The number of nitrogens with zero attached hydrogens (tertiary/aromatic N) is 1. The Morgan fingerprint density at radius 2 is 2.00 bits per heavy atom. The maximum absolute atomic E-state index is 12.0. The summed E-state index contributed by atoms with van der Waals surface area (Å²) in [6.45, 7) is 8.93. The van der Waals surface area contributed by atoms with Crippen LogP contribution < -0.4 is 10.5 Å². The van der Waals surface area contributed by atoms with Crippen molar-refractivity contribution in [2.75, 3.05) is 20.2 Å². The molecule has 1 aromatic carbocycles. The zero-order chi connectivity index (χ0) is 16.0. The van der Waals surface area contributed by atoms with E-state index in [9.17, 15) is 4.79 Å². The second-order valence-corrected chi connectivity index (χ2v) is 6.07. The summed E-state index contributed by atoms with van der Waals surface area (Å²) in [7, 11) is 1.79. The highest BCUT2D eigenvalue weighted by Gasteiger charge is 2.13. The first-order chi connectivity index (χ1) is 9.81. The molecule has 1 unspecified atom stereocenters. The zero-order valence-corrected chi connectivity index (χ0v) is 13.8. The van der Waals surface area contributed by atoms with Crippen molar-refractivity contribution in [2.24, 2.45) is 11.7 Å². The van der Waals surface area contributed by atoms with Gasteiger partial charge in [0.2, 0.25) is 0 Å². The summed E-state index contributed by atoms with van der Waals surface area (Å²) in [5.74, 6) is 1.17. The average Bonchev–Trinajstić information content (AvgIpc) is 2.42. The van der Waals surface area contributed by atoms with Crippen molar-refractivity contribution in [3.8, 4) is 5.75 Å². The third-order valence-electron chi connectivity index (χ3n) is 3.76. The van der Waals surface area contributed by atoms with Gasteiger partial charge in [0.25, 0.3) is 5.91 Å². The van der Waals surface area contributed by atoms with E-state index in [1.54, 1.807) is 11.9 Å². The van der Waals surface area contributed by atoms with Crippen molar-refractivity contribution < 1.29 is 9.53 Å². The Morgan fingerprint density at radius 1 is 1.33 bits per heavy atom. The molecule has 1 atom stereocenters. The molecular weight excluding hydrogens is 264 g/mol. The molecule has 0 aromatic heterocycles. The van der Waals surface area contributed by atoms with Crippen LogP contribution >= 0.6 is 0 Å². The van der Waals surface area contributed by atoms with Gasteiger partial charge in [-0.2, -0.15) is 0 Å². The predicted octanol–water partition coefficient (Wildman–Crippen LogP) is 2.51. The van der Waals surface area contributed by atoms with Crippen LogP contribution in [0.15, 0.2) is 18.2 Å². The fourth-order valence-corrected chi connectivity index (χ4v) is 2.01. The summed E-state index contributed by atoms with van der Waals surface area (Å²) in [4.78, 5) is 13.7. The molecule has 0 aliphatic carbocycles. The van der Waals surface area contributed by atoms with E-state index < -0.39 is 0 Å². The van der Waals surface area contributed by atoms with Gasteiger partial charge in [-0.15, -0.1) is 0 Å². The van der Waals surface area contributed by atoms with Crippen LogP contribution in [0.1, 0.15) is 31.4 Å². The quantitative estimate of drug-likeness (QED) is 0.840. The van der Waals surface area contributed by atoms with Crippen molar-refractivity contribution >= 4 is 5.91 Å². The minimum absolute atomic E-state index is 0.0223. The lowest BCUT2D eigenvalue weighted by molar-refractivity contribution is -0.132. The second kappa shape index (κ2) is 8.03. The second-order valence-electron chi connectivity index (χ2n) is 6.07. The lowest BCUT2D eigenvalue weighted by Crippen LogP contribution is -2.36. The van der Waals surface area contributed by atoms with E-state index in [0.717, 1.165) is 17.7 Å². The minimum atomic E-state index is -0.0223. The molecule has 0 spiro atoms. The molecule has 0 saturated heterocycles. The van der Waals surface area contributed by atoms with Gasteiger partial charge in [0.15, 0.2) is 6.61 Å². The standard InChI is InChI=1S/C17H28N2O2/c1-12(2)15(18)8-9-19(5)17(20)11-21-16-7-6-13(3)10-14(16)4/h6-7,10,12,15H,8-9,11,18H2,1-5H3. The molecule has 21 heavy (non-hydrogen) atoms. The normalized spacial score (nSPS) is 12.3. The number of aryl methyl sites for hydroxylation is 2. The van der Waals surface area contributed by atoms with Gasteiger partial charge in [-0.25, -0.2) is 0 Å². The monoisotopic (exact) mass is 292 g/mol. The first-order valence-corrected chi connectivity index (χ1v) is 7.51. The summed E-state index contributed by atoms with van der Waals surface area (Å²) < 4.78 is 5.61. The maximum Gasteiger partial charge on any atom is 0.260 e. The first-order valence-electron chi connectivity index (χ1n) is 7.51. The minimum Gasteiger partial charge on any atom is -0.484 e. The van der Waals surface area contributed by atoms with E-state index in [0.29, 0.717) is 12.5 Å². The molecule has 0 aliphatic heterocycles. The molecule has 0 heterocycles. The first kappa shape index (κ1) is 17.5. The van der Waals surface area contributed by atoms with Crippen LogP contribution in [-0.4, -0.2) is 37.0 Å².